The number of halogens is 1. The third-order valence-electron chi connectivity index (χ3n) is 3.82. The second-order valence-electron chi connectivity index (χ2n) is 5.65. The van der Waals surface area contributed by atoms with Crippen LogP contribution >= 0.6 is 11.6 Å². The van der Waals surface area contributed by atoms with Crippen LogP contribution in [-0.2, 0) is 4.79 Å². The molecule has 0 aromatic heterocycles. The predicted octanol–water partition coefficient (Wildman–Crippen LogP) is 2.58. The monoisotopic (exact) mass is 310 g/mol. The van der Waals surface area contributed by atoms with Crippen LogP contribution in [0.5, 0.6) is 5.75 Å². The quantitative estimate of drug-likeness (QED) is 0.860. The van der Waals surface area contributed by atoms with Crippen molar-refractivity contribution in [2.45, 2.75) is 26.4 Å². The molecule has 1 unspecified atom stereocenters. The molecule has 116 valence electrons. The van der Waals surface area contributed by atoms with Gasteiger partial charge in [-0.3, -0.25) is 4.79 Å². The molecule has 1 aliphatic rings. The lowest BCUT2D eigenvalue weighted by molar-refractivity contribution is -0.137. The van der Waals surface area contributed by atoms with Gasteiger partial charge in [0.25, 0.3) is 5.91 Å². The summed E-state index contributed by atoms with van der Waals surface area (Å²) in [6.07, 6.45) is 0.530. The van der Waals surface area contributed by atoms with E-state index in [0.29, 0.717) is 10.8 Å². The van der Waals surface area contributed by atoms with Crippen molar-refractivity contribution in [3.8, 4) is 5.75 Å². The van der Waals surface area contributed by atoms with Gasteiger partial charge in [-0.25, -0.2) is 0 Å². The lowest BCUT2D eigenvalue weighted by Gasteiger charge is -2.25. The summed E-state index contributed by atoms with van der Waals surface area (Å²) in [5, 5.41) is 0.675. The Kier molecular flexibility index (Phi) is 5.48. The van der Waals surface area contributed by atoms with E-state index in [4.69, 9.17) is 16.3 Å². The number of hydrogen-bond donors (Lipinski definition) is 0. The number of benzene rings is 1. The standard InChI is InChI=1S/C16H23ClN2O2/c1-12-11-14(17)5-6-15(12)21-13(2)16(20)19-8-4-7-18(3)9-10-19/h5-6,11,13H,4,7-10H2,1-3H3. The molecule has 21 heavy (non-hydrogen) atoms. The van der Waals surface area contributed by atoms with Crippen LogP contribution in [0.4, 0.5) is 0 Å². The second-order valence-corrected chi connectivity index (χ2v) is 6.09. The SMILES string of the molecule is Cc1cc(Cl)ccc1OC(C)C(=O)N1CCCN(C)CC1. The highest BCUT2D eigenvalue weighted by Crippen LogP contribution is 2.23. The summed E-state index contributed by atoms with van der Waals surface area (Å²) in [5.41, 5.74) is 0.942. The Balaban J connectivity index is 1.98. The highest BCUT2D eigenvalue weighted by Gasteiger charge is 2.24. The summed E-state index contributed by atoms with van der Waals surface area (Å²) >= 11 is 5.93. The van der Waals surface area contributed by atoms with E-state index >= 15 is 0 Å². The lowest BCUT2D eigenvalue weighted by atomic mass is 10.2. The average Bonchev–Trinajstić information content (AvgIpc) is 2.66. The van der Waals surface area contributed by atoms with Crippen LogP contribution in [0, 0.1) is 6.92 Å². The fraction of sp³-hybridized carbons (Fsp3) is 0.562. The molecule has 1 aromatic rings. The normalized spacial score (nSPS) is 18.2. The molecular formula is C16H23ClN2O2. The Morgan fingerprint density at radius 2 is 2.05 bits per heavy atom. The predicted molar refractivity (Wildman–Crippen MR) is 85.0 cm³/mol. The van der Waals surface area contributed by atoms with Crippen molar-refractivity contribution < 1.29 is 9.53 Å². The van der Waals surface area contributed by atoms with Crippen LogP contribution in [0.25, 0.3) is 0 Å². The van der Waals surface area contributed by atoms with Crippen molar-refractivity contribution in [2.75, 3.05) is 33.2 Å². The Hall–Kier alpha value is -1.26. The number of rotatable bonds is 3. The fourth-order valence-corrected chi connectivity index (χ4v) is 2.74. The molecule has 1 atom stereocenters. The maximum absolute atomic E-state index is 12.5. The van der Waals surface area contributed by atoms with Crippen molar-refractivity contribution in [2.24, 2.45) is 0 Å². The van der Waals surface area contributed by atoms with Gasteiger partial charge in [-0.05, 0) is 57.6 Å². The molecule has 1 aromatic carbocycles. The summed E-state index contributed by atoms with van der Waals surface area (Å²) in [6, 6.07) is 5.44. The number of likely N-dealkylation sites (N-methyl/N-ethyl adjacent to an activating group) is 1. The number of nitrogens with zero attached hydrogens (tertiary/aromatic N) is 2. The first-order chi connectivity index (χ1) is 9.97. The first-order valence-corrected chi connectivity index (χ1v) is 7.75. The van der Waals surface area contributed by atoms with Crippen molar-refractivity contribution in [3.63, 3.8) is 0 Å². The number of carbonyl (C=O) groups excluding carboxylic acids is 1. The Morgan fingerprint density at radius 1 is 1.29 bits per heavy atom. The van der Waals surface area contributed by atoms with Crippen LogP contribution in [0.2, 0.25) is 5.02 Å². The zero-order valence-corrected chi connectivity index (χ0v) is 13.7. The van der Waals surface area contributed by atoms with E-state index in [1.165, 1.54) is 0 Å². The van der Waals surface area contributed by atoms with Crippen molar-refractivity contribution in [3.05, 3.63) is 28.8 Å². The van der Waals surface area contributed by atoms with E-state index in [-0.39, 0.29) is 5.91 Å². The van der Waals surface area contributed by atoms with Gasteiger partial charge >= 0.3 is 0 Å². The molecule has 0 bridgehead atoms. The Morgan fingerprint density at radius 3 is 2.76 bits per heavy atom. The molecular weight excluding hydrogens is 288 g/mol. The Bertz CT molecular complexity index is 507. The number of ether oxygens (including phenoxy) is 1. The lowest BCUT2D eigenvalue weighted by Crippen LogP contribution is -2.42. The molecule has 1 aliphatic heterocycles. The van der Waals surface area contributed by atoms with E-state index in [0.717, 1.165) is 38.2 Å². The summed E-state index contributed by atoms with van der Waals surface area (Å²) < 4.78 is 5.82. The molecule has 4 nitrogen and oxygen atoms in total. The molecule has 1 fully saturated rings. The number of carbonyl (C=O) groups is 1. The van der Waals surface area contributed by atoms with Crippen LogP contribution in [-0.4, -0.2) is 55.0 Å². The van der Waals surface area contributed by atoms with Gasteiger partial charge in [0.05, 0.1) is 0 Å². The zero-order chi connectivity index (χ0) is 15.4. The molecule has 1 saturated heterocycles. The topological polar surface area (TPSA) is 32.8 Å². The molecule has 0 spiro atoms. The third kappa shape index (κ3) is 4.35. The van der Waals surface area contributed by atoms with Crippen LogP contribution in [0.3, 0.4) is 0 Å². The van der Waals surface area contributed by atoms with E-state index in [1.807, 2.05) is 30.9 Å². The minimum atomic E-state index is -0.478. The fourth-order valence-electron chi connectivity index (χ4n) is 2.51. The first kappa shape index (κ1) is 16.1. The maximum atomic E-state index is 12.5. The average molecular weight is 311 g/mol. The molecule has 0 radical (unpaired) electrons. The van der Waals surface area contributed by atoms with Crippen molar-refractivity contribution in [1.82, 2.24) is 9.80 Å². The third-order valence-corrected chi connectivity index (χ3v) is 4.05. The number of amides is 1. The summed E-state index contributed by atoms with van der Waals surface area (Å²) in [7, 11) is 2.09. The molecule has 0 saturated carbocycles. The first-order valence-electron chi connectivity index (χ1n) is 7.37. The molecule has 5 heteroatoms. The van der Waals surface area contributed by atoms with E-state index < -0.39 is 6.10 Å². The smallest absolute Gasteiger partial charge is 0.263 e. The van der Waals surface area contributed by atoms with Gasteiger partial charge < -0.3 is 14.5 Å². The van der Waals surface area contributed by atoms with E-state index in [1.54, 1.807) is 6.07 Å². The van der Waals surface area contributed by atoms with Crippen LogP contribution in [0.1, 0.15) is 18.9 Å². The van der Waals surface area contributed by atoms with Gasteiger partial charge in [-0.1, -0.05) is 11.6 Å². The van der Waals surface area contributed by atoms with E-state index in [9.17, 15) is 4.79 Å². The van der Waals surface area contributed by atoms with Crippen molar-refractivity contribution in [1.29, 1.82) is 0 Å². The number of aryl methyl sites for hydroxylation is 1. The molecule has 1 amide bonds. The van der Waals surface area contributed by atoms with Crippen LogP contribution in [0.15, 0.2) is 18.2 Å². The zero-order valence-electron chi connectivity index (χ0n) is 12.9. The molecule has 0 aliphatic carbocycles. The second kappa shape index (κ2) is 7.14. The minimum absolute atomic E-state index is 0.0552. The van der Waals surface area contributed by atoms with Gasteiger partial charge in [-0.15, -0.1) is 0 Å². The Labute approximate surface area is 131 Å². The molecule has 1 heterocycles. The minimum Gasteiger partial charge on any atom is -0.481 e. The largest absolute Gasteiger partial charge is 0.481 e. The molecule has 0 N–H and O–H groups in total. The maximum Gasteiger partial charge on any atom is 0.263 e. The van der Waals surface area contributed by atoms with Gasteiger partial charge in [0.2, 0.25) is 0 Å². The van der Waals surface area contributed by atoms with Gasteiger partial charge in [-0.2, -0.15) is 0 Å². The van der Waals surface area contributed by atoms with Gasteiger partial charge in [0, 0.05) is 24.7 Å². The van der Waals surface area contributed by atoms with Crippen molar-refractivity contribution >= 4 is 17.5 Å². The summed E-state index contributed by atoms with van der Waals surface area (Å²) in [6.45, 7) is 7.26. The van der Waals surface area contributed by atoms with Gasteiger partial charge in [0.1, 0.15) is 5.75 Å². The summed E-state index contributed by atoms with van der Waals surface area (Å²) in [5.74, 6) is 0.770. The number of hydrogen-bond acceptors (Lipinski definition) is 3. The van der Waals surface area contributed by atoms with Gasteiger partial charge in [0.15, 0.2) is 6.10 Å². The summed E-state index contributed by atoms with van der Waals surface area (Å²) in [4.78, 5) is 16.7. The van der Waals surface area contributed by atoms with Crippen LogP contribution < -0.4 is 4.74 Å². The highest BCUT2D eigenvalue weighted by atomic mass is 35.5. The van der Waals surface area contributed by atoms with E-state index in [2.05, 4.69) is 11.9 Å². The highest BCUT2D eigenvalue weighted by molar-refractivity contribution is 6.30. The molecule has 2 rings (SSSR count).